The predicted molar refractivity (Wildman–Crippen MR) is 85.0 cm³/mol. The van der Waals surface area contributed by atoms with Gasteiger partial charge in [0, 0.05) is 13.1 Å². The van der Waals surface area contributed by atoms with Gasteiger partial charge in [-0.25, -0.2) is 0 Å². The van der Waals surface area contributed by atoms with Crippen LogP contribution in [0.5, 0.6) is 0 Å². The third-order valence-corrected chi connectivity index (χ3v) is 4.70. The van der Waals surface area contributed by atoms with Gasteiger partial charge in [-0.2, -0.15) is 9.61 Å². The Labute approximate surface area is 136 Å². The van der Waals surface area contributed by atoms with Crippen LogP contribution in [0.4, 0.5) is 0 Å². The Morgan fingerprint density at radius 1 is 1.22 bits per heavy atom. The molecule has 1 saturated heterocycles. The van der Waals surface area contributed by atoms with Crippen molar-refractivity contribution < 1.29 is 9.21 Å². The van der Waals surface area contributed by atoms with Gasteiger partial charge in [0.25, 0.3) is 0 Å². The van der Waals surface area contributed by atoms with Crippen molar-refractivity contribution in [1.82, 2.24) is 24.7 Å². The fraction of sp³-hybridized carbons (Fsp3) is 0.333. The zero-order chi connectivity index (χ0) is 15.6. The van der Waals surface area contributed by atoms with E-state index in [0.717, 1.165) is 25.9 Å². The molecule has 0 aliphatic carbocycles. The average Bonchev–Trinajstić information content (AvgIpc) is 3.33. The van der Waals surface area contributed by atoms with Crippen molar-refractivity contribution in [3.63, 3.8) is 0 Å². The fourth-order valence-corrected chi connectivity index (χ4v) is 3.39. The Morgan fingerprint density at radius 2 is 2.09 bits per heavy atom. The monoisotopic (exact) mass is 329 g/mol. The zero-order valence-corrected chi connectivity index (χ0v) is 13.2. The van der Waals surface area contributed by atoms with E-state index in [2.05, 4.69) is 15.3 Å². The third kappa shape index (κ3) is 2.81. The lowest BCUT2D eigenvalue weighted by atomic mass is 10.3. The quantitative estimate of drug-likeness (QED) is 0.682. The van der Waals surface area contributed by atoms with E-state index in [1.807, 2.05) is 29.2 Å². The first-order chi connectivity index (χ1) is 11.3. The molecule has 0 atom stereocenters. The van der Waals surface area contributed by atoms with Crippen molar-refractivity contribution in [1.29, 1.82) is 0 Å². The van der Waals surface area contributed by atoms with Crippen LogP contribution < -0.4 is 0 Å². The maximum Gasteiger partial charge on any atom is 0.233 e. The second-order valence-electron chi connectivity index (χ2n) is 5.33. The molecule has 0 aromatic carbocycles. The van der Waals surface area contributed by atoms with E-state index < -0.39 is 0 Å². The molecule has 23 heavy (non-hydrogen) atoms. The van der Waals surface area contributed by atoms with Gasteiger partial charge in [0.05, 0.1) is 12.0 Å². The Bertz CT molecular complexity index is 824. The molecule has 118 valence electrons. The summed E-state index contributed by atoms with van der Waals surface area (Å²) in [6.45, 7) is 1.72. The van der Waals surface area contributed by atoms with Gasteiger partial charge in [0.1, 0.15) is 5.69 Å². The van der Waals surface area contributed by atoms with E-state index in [-0.39, 0.29) is 5.91 Å². The minimum atomic E-state index is 0.145. The van der Waals surface area contributed by atoms with E-state index in [4.69, 9.17) is 4.42 Å². The maximum absolute atomic E-state index is 12.1. The highest BCUT2D eigenvalue weighted by Gasteiger charge is 2.19. The maximum atomic E-state index is 12.1. The standard InChI is InChI=1S/C15H15N5O2S/c21-14(19-7-1-2-8-19)10-23-15-17-16-13-6-5-11(18-20(13)15)12-4-3-9-22-12/h3-6,9H,1-2,7-8,10H2. The highest BCUT2D eigenvalue weighted by atomic mass is 32.2. The lowest BCUT2D eigenvalue weighted by Gasteiger charge is -2.13. The molecule has 1 amide bonds. The van der Waals surface area contributed by atoms with Crippen LogP contribution in [0, 0.1) is 0 Å². The zero-order valence-electron chi connectivity index (χ0n) is 12.4. The molecule has 4 heterocycles. The van der Waals surface area contributed by atoms with Crippen LogP contribution in [-0.4, -0.2) is 49.5 Å². The third-order valence-electron chi connectivity index (χ3n) is 3.79. The number of thioether (sulfide) groups is 1. The molecule has 0 bridgehead atoms. The van der Waals surface area contributed by atoms with Gasteiger partial charge in [-0.1, -0.05) is 11.8 Å². The van der Waals surface area contributed by atoms with Crippen LogP contribution in [-0.2, 0) is 4.79 Å². The number of carbonyl (C=O) groups is 1. The van der Waals surface area contributed by atoms with Crippen molar-refractivity contribution in [2.24, 2.45) is 0 Å². The second kappa shape index (κ2) is 6.04. The Balaban J connectivity index is 1.55. The van der Waals surface area contributed by atoms with Crippen LogP contribution in [0.3, 0.4) is 0 Å². The summed E-state index contributed by atoms with van der Waals surface area (Å²) in [6, 6.07) is 7.34. The SMILES string of the molecule is O=C(CSc1nnc2ccc(-c3ccco3)nn12)N1CCCC1. The van der Waals surface area contributed by atoms with E-state index in [9.17, 15) is 4.79 Å². The first-order valence-electron chi connectivity index (χ1n) is 7.48. The lowest BCUT2D eigenvalue weighted by molar-refractivity contribution is -0.127. The highest BCUT2D eigenvalue weighted by molar-refractivity contribution is 7.99. The number of nitrogens with zero attached hydrogens (tertiary/aromatic N) is 5. The highest BCUT2D eigenvalue weighted by Crippen LogP contribution is 2.21. The predicted octanol–water partition coefficient (Wildman–Crippen LogP) is 2.10. The van der Waals surface area contributed by atoms with Crippen molar-refractivity contribution in [2.75, 3.05) is 18.8 Å². The van der Waals surface area contributed by atoms with Crippen LogP contribution in [0.1, 0.15) is 12.8 Å². The smallest absolute Gasteiger partial charge is 0.233 e. The molecule has 3 aromatic heterocycles. The molecule has 0 spiro atoms. The molecule has 0 N–H and O–H groups in total. The normalized spacial score (nSPS) is 14.7. The molecule has 0 unspecified atom stereocenters. The molecule has 1 aliphatic rings. The molecule has 1 aliphatic heterocycles. The van der Waals surface area contributed by atoms with Crippen LogP contribution in [0.15, 0.2) is 40.1 Å². The summed E-state index contributed by atoms with van der Waals surface area (Å²) in [5, 5.41) is 13.3. The summed E-state index contributed by atoms with van der Waals surface area (Å²) in [6.07, 6.45) is 3.80. The molecule has 1 fully saturated rings. The van der Waals surface area contributed by atoms with E-state index in [1.54, 1.807) is 10.8 Å². The van der Waals surface area contributed by atoms with Crippen molar-refractivity contribution in [3.8, 4) is 11.5 Å². The van der Waals surface area contributed by atoms with E-state index in [1.165, 1.54) is 11.8 Å². The van der Waals surface area contributed by atoms with E-state index >= 15 is 0 Å². The molecule has 7 nitrogen and oxygen atoms in total. The first-order valence-corrected chi connectivity index (χ1v) is 8.47. The van der Waals surface area contributed by atoms with Gasteiger partial charge < -0.3 is 9.32 Å². The van der Waals surface area contributed by atoms with Gasteiger partial charge in [-0.15, -0.1) is 10.2 Å². The summed E-state index contributed by atoms with van der Waals surface area (Å²) in [5.41, 5.74) is 1.35. The summed E-state index contributed by atoms with van der Waals surface area (Å²) in [5.74, 6) is 1.18. The second-order valence-corrected chi connectivity index (χ2v) is 6.27. The largest absolute Gasteiger partial charge is 0.463 e. The van der Waals surface area contributed by atoms with Crippen molar-refractivity contribution >= 4 is 23.3 Å². The molecule has 4 rings (SSSR count). The van der Waals surface area contributed by atoms with Crippen LogP contribution in [0.2, 0.25) is 0 Å². The van der Waals surface area contributed by atoms with Crippen LogP contribution >= 0.6 is 11.8 Å². The Morgan fingerprint density at radius 3 is 2.87 bits per heavy atom. The number of likely N-dealkylation sites (tertiary alicyclic amines) is 1. The van der Waals surface area contributed by atoms with Crippen LogP contribution in [0.25, 0.3) is 17.1 Å². The van der Waals surface area contributed by atoms with Gasteiger partial charge in [0.15, 0.2) is 11.4 Å². The van der Waals surface area contributed by atoms with Gasteiger partial charge >= 0.3 is 0 Å². The summed E-state index contributed by atoms with van der Waals surface area (Å²) < 4.78 is 7.02. The van der Waals surface area contributed by atoms with E-state index in [0.29, 0.717) is 28.0 Å². The van der Waals surface area contributed by atoms with Gasteiger partial charge in [0.2, 0.25) is 11.1 Å². The fourth-order valence-electron chi connectivity index (χ4n) is 2.60. The number of hydrogen-bond acceptors (Lipinski definition) is 6. The molecule has 3 aromatic rings. The van der Waals surface area contributed by atoms with Gasteiger partial charge in [-0.3, -0.25) is 4.79 Å². The molecule has 0 radical (unpaired) electrons. The molecule has 0 saturated carbocycles. The van der Waals surface area contributed by atoms with Crippen molar-refractivity contribution in [2.45, 2.75) is 18.0 Å². The topological polar surface area (TPSA) is 76.5 Å². The average molecular weight is 329 g/mol. The number of furan rings is 1. The summed E-state index contributed by atoms with van der Waals surface area (Å²) in [4.78, 5) is 14.0. The molecular formula is C15H15N5O2S. The molecule has 8 heteroatoms. The number of fused-ring (bicyclic) bond motifs is 1. The minimum Gasteiger partial charge on any atom is -0.463 e. The molecular weight excluding hydrogens is 314 g/mol. The Kier molecular flexibility index (Phi) is 3.74. The number of carbonyl (C=O) groups excluding carboxylic acids is 1. The minimum absolute atomic E-state index is 0.145. The summed E-state index contributed by atoms with van der Waals surface area (Å²) >= 11 is 1.36. The number of aromatic nitrogens is 4. The number of amides is 1. The Hall–Kier alpha value is -2.35. The number of rotatable bonds is 4. The summed E-state index contributed by atoms with van der Waals surface area (Å²) in [7, 11) is 0. The lowest BCUT2D eigenvalue weighted by Crippen LogP contribution is -2.29. The van der Waals surface area contributed by atoms with Gasteiger partial charge in [-0.05, 0) is 37.1 Å². The first kappa shape index (κ1) is 14.3. The number of hydrogen-bond donors (Lipinski definition) is 0. The van der Waals surface area contributed by atoms with Crippen molar-refractivity contribution in [3.05, 3.63) is 30.5 Å².